The van der Waals surface area contributed by atoms with E-state index in [0.717, 1.165) is 30.3 Å². The number of nitrogens with two attached hydrogens (primary N) is 2. The van der Waals surface area contributed by atoms with Gasteiger partial charge in [-0.2, -0.15) is 26.3 Å². The van der Waals surface area contributed by atoms with Crippen molar-refractivity contribution >= 4 is 22.7 Å². The number of nitrogens with zero attached hydrogens (tertiary/aromatic N) is 2. The van der Waals surface area contributed by atoms with Gasteiger partial charge in [-0.15, -0.1) is 0 Å². The van der Waals surface area contributed by atoms with Crippen molar-refractivity contribution in [3.8, 4) is 0 Å². The second kappa shape index (κ2) is 8.62. The van der Waals surface area contributed by atoms with E-state index in [4.69, 9.17) is 11.5 Å². The molecule has 0 saturated carbocycles. The molecule has 0 unspecified atom stereocenters. The number of halogens is 6. The predicted molar refractivity (Wildman–Crippen MR) is 89.8 cm³/mol. The maximum atomic E-state index is 12.2. The lowest BCUT2D eigenvalue weighted by atomic mass is 10.1. The van der Waals surface area contributed by atoms with Gasteiger partial charge >= 0.3 is 12.4 Å². The van der Waals surface area contributed by atoms with Crippen LogP contribution in [0.3, 0.4) is 0 Å². The molecule has 158 valence electrons. The van der Waals surface area contributed by atoms with Crippen LogP contribution in [0.5, 0.6) is 0 Å². The van der Waals surface area contributed by atoms with E-state index in [9.17, 15) is 46.6 Å². The van der Waals surface area contributed by atoms with Crippen molar-refractivity contribution in [2.45, 2.75) is 18.8 Å². The van der Waals surface area contributed by atoms with Gasteiger partial charge in [0.05, 0.1) is 21.8 Å². The molecule has 0 aliphatic heterocycles. The molecule has 0 spiro atoms. The number of nitro benzene ring substituents is 2. The first kappa shape index (κ1) is 23.5. The lowest BCUT2D eigenvalue weighted by molar-refractivity contribution is -0.385. The number of alkyl halides is 6. The Labute approximate surface area is 158 Å². The maximum absolute atomic E-state index is 12.2. The van der Waals surface area contributed by atoms with Crippen LogP contribution in [-0.4, -0.2) is 16.0 Å². The third-order valence-electron chi connectivity index (χ3n) is 3.28. The molecule has 0 aliphatic rings. The van der Waals surface area contributed by atoms with Crippen molar-refractivity contribution < 1.29 is 36.2 Å². The van der Waals surface area contributed by atoms with Crippen LogP contribution in [0.2, 0.25) is 0 Å². The predicted octanol–water partition coefficient (Wildman–Crippen LogP) is 4.48. The average molecular weight is 426 g/mol. The summed E-state index contributed by atoms with van der Waals surface area (Å²) in [5.74, 6) is 0. The minimum absolute atomic E-state index is 0.0991. The van der Waals surface area contributed by atoms with Crippen molar-refractivity contribution in [2.75, 3.05) is 11.5 Å². The molecule has 0 saturated heterocycles. The lowest BCUT2D eigenvalue weighted by Gasteiger charge is -2.08. The first-order chi connectivity index (χ1) is 13.1. The number of benzene rings is 2. The Hall–Kier alpha value is -3.58. The SMILES string of the molecule is Nc1ccc([N+](=O)[O-])cc1C(F)(F)F.Nc1ccc([N+](=O)[O-])cc1CC(F)(F)F. The highest BCUT2D eigenvalue weighted by atomic mass is 19.4. The molecule has 0 bridgehead atoms. The van der Waals surface area contributed by atoms with Crippen LogP contribution in [-0.2, 0) is 12.6 Å². The monoisotopic (exact) mass is 426 g/mol. The quantitative estimate of drug-likeness (QED) is 0.321. The number of non-ortho nitro benzene ring substituents is 2. The van der Waals surface area contributed by atoms with Crippen molar-refractivity contribution in [1.82, 2.24) is 0 Å². The number of hydrogen-bond acceptors (Lipinski definition) is 6. The first-order valence-corrected chi connectivity index (χ1v) is 7.32. The summed E-state index contributed by atoms with van der Waals surface area (Å²) >= 11 is 0. The van der Waals surface area contributed by atoms with E-state index < -0.39 is 51.2 Å². The molecule has 29 heavy (non-hydrogen) atoms. The summed E-state index contributed by atoms with van der Waals surface area (Å²) in [5, 5.41) is 20.5. The number of anilines is 2. The van der Waals surface area contributed by atoms with Crippen LogP contribution in [0.15, 0.2) is 36.4 Å². The van der Waals surface area contributed by atoms with Crippen molar-refractivity contribution in [1.29, 1.82) is 0 Å². The molecule has 2 aromatic rings. The van der Waals surface area contributed by atoms with Gasteiger partial charge in [-0.3, -0.25) is 20.2 Å². The summed E-state index contributed by atoms with van der Waals surface area (Å²) < 4.78 is 72.7. The smallest absolute Gasteiger partial charge is 0.398 e. The fourth-order valence-electron chi connectivity index (χ4n) is 1.98. The largest absolute Gasteiger partial charge is 0.418 e. The zero-order chi connectivity index (χ0) is 22.6. The van der Waals surface area contributed by atoms with Crippen molar-refractivity contribution in [2.24, 2.45) is 0 Å². The zero-order valence-corrected chi connectivity index (χ0v) is 14.1. The van der Waals surface area contributed by atoms with Crippen LogP contribution in [0, 0.1) is 20.2 Å². The number of nitrogen functional groups attached to an aromatic ring is 2. The van der Waals surface area contributed by atoms with Gasteiger partial charge in [-0.05, 0) is 17.7 Å². The highest BCUT2D eigenvalue weighted by Gasteiger charge is 2.34. The van der Waals surface area contributed by atoms with Crippen LogP contribution >= 0.6 is 0 Å². The van der Waals surface area contributed by atoms with E-state index in [-0.39, 0.29) is 11.3 Å². The number of hydrogen-bond donors (Lipinski definition) is 2. The first-order valence-electron chi connectivity index (χ1n) is 7.32. The Bertz CT molecular complexity index is 915. The van der Waals surface area contributed by atoms with Crippen LogP contribution in [0.1, 0.15) is 11.1 Å². The zero-order valence-electron chi connectivity index (χ0n) is 14.1. The summed E-state index contributed by atoms with van der Waals surface area (Å²) in [6.07, 6.45) is -10.4. The number of rotatable bonds is 3. The fourth-order valence-corrected chi connectivity index (χ4v) is 1.98. The summed E-state index contributed by atoms with van der Waals surface area (Å²) in [4.78, 5) is 18.8. The standard InChI is InChI=1S/C8H7F3N2O2.C7H5F3N2O2/c9-8(10,11)4-5-3-6(13(14)15)1-2-7(5)12;8-7(9,10)5-3-4(12(13)14)1-2-6(5)11/h1-3H,4,12H2;1-3H,11H2. The second-order valence-electron chi connectivity index (χ2n) is 5.46. The van der Waals surface area contributed by atoms with Gasteiger partial charge < -0.3 is 11.5 Å². The molecule has 0 amide bonds. The molecule has 0 radical (unpaired) electrons. The van der Waals surface area contributed by atoms with Crippen molar-refractivity contribution in [3.63, 3.8) is 0 Å². The fraction of sp³-hybridized carbons (Fsp3) is 0.200. The maximum Gasteiger partial charge on any atom is 0.418 e. The summed E-state index contributed by atoms with van der Waals surface area (Å²) in [5.41, 5.74) is 7.18. The van der Waals surface area contributed by atoms with Crippen LogP contribution < -0.4 is 11.5 Å². The van der Waals surface area contributed by atoms with Crippen LogP contribution in [0.25, 0.3) is 0 Å². The van der Waals surface area contributed by atoms with E-state index in [1.165, 1.54) is 0 Å². The van der Waals surface area contributed by atoms with Gasteiger partial charge in [0.2, 0.25) is 0 Å². The second-order valence-corrected chi connectivity index (χ2v) is 5.46. The molecule has 0 heterocycles. The third kappa shape index (κ3) is 7.15. The topological polar surface area (TPSA) is 138 Å². The molecule has 0 fully saturated rings. The molecular formula is C15H12F6N4O4. The Kier molecular flexibility index (Phi) is 6.97. The molecule has 2 aromatic carbocycles. The van der Waals surface area contributed by atoms with Gasteiger partial charge in [-0.25, -0.2) is 0 Å². The van der Waals surface area contributed by atoms with E-state index in [1.807, 2.05) is 0 Å². The molecule has 4 N–H and O–H groups in total. The molecule has 14 heteroatoms. The van der Waals surface area contributed by atoms with E-state index in [2.05, 4.69) is 0 Å². The summed E-state index contributed by atoms with van der Waals surface area (Å²) in [6.45, 7) is 0. The Morgan fingerprint density at radius 2 is 1.24 bits per heavy atom. The van der Waals surface area contributed by atoms with E-state index in [1.54, 1.807) is 0 Å². The van der Waals surface area contributed by atoms with Gasteiger partial charge in [0, 0.05) is 35.6 Å². The summed E-state index contributed by atoms with van der Waals surface area (Å²) in [7, 11) is 0. The van der Waals surface area contributed by atoms with Crippen molar-refractivity contribution in [3.05, 3.63) is 67.8 Å². The van der Waals surface area contributed by atoms with Gasteiger partial charge in [0.25, 0.3) is 11.4 Å². The van der Waals surface area contributed by atoms with Gasteiger partial charge in [0.15, 0.2) is 0 Å². The van der Waals surface area contributed by atoms with Crippen LogP contribution in [0.4, 0.5) is 49.1 Å². The highest BCUT2D eigenvalue weighted by Crippen LogP contribution is 2.35. The minimum atomic E-state index is -4.67. The molecule has 0 aromatic heterocycles. The number of nitro groups is 2. The Balaban J connectivity index is 0.000000291. The molecule has 0 atom stereocenters. The molecule has 2 rings (SSSR count). The highest BCUT2D eigenvalue weighted by molar-refractivity contribution is 5.54. The Morgan fingerprint density at radius 3 is 1.66 bits per heavy atom. The van der Waals surface area contributed by atoms with Gasteiger partial charge in [-0.1, -0.05) is 0 Å². The van der Waals surface area contributed by atoms with Gasteiger partial charge in [0.1, 0.15) is 0 Å². The molecule has 8 nitrogen and oxygen atoms in total. The van der Waals surface area contributed by atoms with E-state index >= 15 is 0 Å². The minimum Gasteiger partial charge on any atom is -0.398 e. The molecular weight excluding hydrogens is 414 g/mol. The molecule has 0 aliphatic carbocycles. The third-order valence-corrected chi connectivity index (χ3v) is 3.28. The normalized spacial score (nSPS) is 11.4. The Morgan fingerprint density at radius 1 is 0.793 bits per heavy atom. The average Bonchev–Trinajstić information content (AvgIpc) is 2.55. The summed E-state index contributed by atoms with van der Waals surface area (Å²) in [6, 6.07) is 5.19. The lowest BCUT2D eigenvalue weighted by Crippen LogP contribution is -2.13. The van der Waals surface area contributed by atoms with E-state index in [0.29, 0.717) is 6.07 Å².